The molecule has 0 N–H and O–H groups in total. The van der Waals surface area contributed by atoms with Crippen LogP contribution < -0.4 is 9.80 Å². The van der Waals surface area contributed by atoms with Crippen LogP contribution in [-0.4, -0.2) is 41.0 Å². The summed E-state index contributed by atoms with van der Waals surface area (Å²) in [5, 5.41) is 0. The maximum absolute atomic E-state index is 12.8. The van der Waals surface area contributed by atoms with Crippen LogP contribution in [0.15, 0.2) is 48.7 Å². The number of hydrogen-bond acceptors (Lipinski definition) is 5. The van der Waals surface area contributed by atoms with Gasteiger partial charge in [-0.05, 0) is 24.3 Å². The first-order chi connectivity index (χ1) is 11.2. The van der Waals surface area contributed by atoms with E-state index >= 15 is 0 Å². The van der Waals surface area contributed by atoms with Crippen LogP contribution in [0.5, 0.6) is 0 Å². The molecule has 23 heavy (non-hydrogen) atoms. The molecule has 0 aliphatic carbocycles. The van der Waals surface area contributed by atoms with Crippen LogP contribution in [0.4, 0.5) is 11.6 Å². The lowest BCUT2D eigenvalue weighted by molar-refractivity contribution is 0.0981. The Balaban J connectivity index is 1.84. The maximum atomic E-state index is 12.8. The van der Waals surface area contributed by atoms with Crippen molar-refractivity contribution in [3.8, 4) is 0 Å². The minimum Gasteiger partial charge on any atom is -0.355 e. The zero-order chi connectivity index (χ0) is 15.8. The number of carbonyl (C=O) groups is 1. The van der Waals surface area contributed by atoms with E-state index in [2.05, 4.69) is 15.0 Å². The summed E-state index contributed by atoms with van der Waals surface area (Å²) in [4.78, 5) is 30.0. The number of para-hydroxylation sites is 2. The van der Waals surface area contributed by atoms with Crippen molar-refractivity contribution in [2.45, 2.75) is 0 Å². The van der Waals surface area contributed by atoms with E-state index in [1.54, 1.807) is 23.2 Å². The van der Waals surface area contributed by atoms with E-state index in [0.717, 1.165) is 16.9 Å². The molecular formula is C17H15N5O. The summed E-state index contributed by atoms with van der Waals surface area (Å²) in [6.07, 6.45) is 1.62. The molecule has 1 aliphatic heterocycles. The second-order valence-corrected chi connectivity index (χ2v) is 5.45. The average molecular weight is 305 g/mol. The number of rotatable bonds is 1. The van der Waals surface area contributed by atoms with Crippen LogP contribution in [-0.2, 0) is 0 Å². The molecule has 6 heteroatoms. The number of fused-ring (bicyclic) bond motifs is 2. The summed E-state index contributed by atoms with van der Waals surface area (Å²) in [6, 6.07) is 13.0. The van der Waals surface area contributed by atoms with Gasteiger partial charge in [0.2, 0.25) is 0 Å². The van der Waals surface area contributed by atoms with Crippen molar-refractivity contribution in [2.24, 2.45) is 0 Å². The Hall–Kier alpha value is -3.02. The van der Waals surface area contributed by atoms with Crippen LogP contribution in [0.3, 0.4) is 0 Å². The maximum Gasteiger partial charge on any atom is 0.278 e. The molecule has 0 radical (unpaired) electrons. The monoisotopic (exact) mass is 305 g/mol. The second kappa shape index (κ2) is 5.31. The standard InChI is InChI=1S/C17H15N5O/c1-21-10-11-22(17(23)14-8-4-5-9-18-14)16-15(21)19-12-6-2-3-7-13(12)20-16/h2-9H,10-11H2,1H3. The number of anilines is 2. The van der Waals surface area contributed by atoms with Gasteiger partial charge in [0.15, 0.2) is 11.6 Å². The fraction of sp³-hybridized carbons (Fsp3) is 0.176. The summed E-state index contributed by atoms with van der Waals surface area (Å²) < 4.78 is 0. The lowest BCUT2D eigenvalue weighted by Crippen LogP contribution is -2.44. The van der Waals surface area contributed by atoms with E-state index < -0.39 is 0 Å². The van der Waals surface area contributed by atoms with Crippen LogP contribution in [0.1, 0.15) is 10.5 Å². The minimum atomic E-state index is -0.149. The molecule has 0 spiro atoms. The van der Waals surface area contributed by atoms with Gasteiger partial charge in [0, 0.05) is 26.3 Å². The molecule has 2 aromatic heterocycles. The SMILES string of the molecule is CN1CCN(C(=O)c2ccccn2)c2nc3ccccc3nc21. The third kappa shape index (κ3) is 2.28. The third-order valence-electron chi connectivity index (χ3n) is 3.94. The Morgan fingerprint density at radius 3 is 2.35 bits per heavy atom. The molecule has 0 saturated heterocycles. The highest BCUT2D eigenvalue weighted by Crippen LogP contribution is 2.31. The normalized spacial score (nSPS) is 14.0. The van der Waals surface area contributed by atoms with E-state index in [1.807, 2.05) is 42.3 Å². The number of nitrogens with zero attached hydrogens (tertiary/aromatic N) is 5. The Kier molecular flexibility index (Phi) is 3.15. The Bertz CT molecular complexity index is 881. The number of pyridine rings is 1. The fourth-order valence-electron chi connectivity index (χ4n) is 2.71. The van der Waals surface area contributed by atoms with Gasteiger partial charge in [0.25, 0.3) is 5.91 Å². The van der Waals surface area contributed by atoms with Gasteiger partial charge >= 0.3 is 0 Å². The van der Waals surface area contributed by atoms with Gasteiger partial charge in [0.1, 0.15) is 5.69 Å². The predicted octanol–water partition coefficient (Wildman–Crippen LogP) is 2.12. The van der Waals surface area contributed by atoms with Crippen LogP contribution >= 0.6 is 0 Å². The smallest absolute Gasteiger partial charge is 0.278 e. The molecule has 0 atom stereocenters. The number of aromatic nitrogens is 3. The number of benzene rings is 1. The van der Waals surface area contributed by atoms with Crippen molar-refractivity contribution in [1.29, 1.82) is 0 Å². The summed E-state index contributed by atoms with van der Waals surface area (Å²) in [5.74, 6) is 1.16. The van der Waals surface area contributed by atoms with Gasteiger partial charge in [-0.1, -0.05) is 18.2 Å². The average Bonchev–Trinajstić information content (AvgIpc) is 2.61. The van der Waals surface area contributed by atoms with Gasteiger partial charge in [0.05, 0.1) is 11.0 Å². The summed E-state index contributed by atoms with van der Waals surface area (Å²) >= 11 is 0. The third-order valence-corrected chi connectivity index (χ3v) is 3.94. The molecule has 114 valence electrons. The predicted molar refractivity (Wildman–Crippen MR) is 88.7 cm³/mol. The zero-order valence-corrected chi connectivity index (χ0v) is 12.7. The van der Waals surface area contributed by atoms with Crippen molar-refractivity contribution >= 4 is 28.6 Å². The zero-order valence-electron chi connectivity index (χ0n) is 12.7. The summed E-state index contributed by atoms with van der Waals surface area (Å²) in [5.41, 5.74) is 2.02. The second-order valence-electron chi connectivity index (χ2n) is 5.45. The molecule has 1 amide bonds. The van der Waals surface area contributed by atoms with Gasteiger partial charge in [-0.3, -0.25) is 14.7 Å². The first-order valence-electron chi connectivity index (χ1n) is 7.45. The molecule has 6 nitrogen and oxygen atoms in total. The highest BCUT2D eigenvalue weighted by Gasteiger charge is 2.29. The molecule has 0 fully saturated rings. The van der Waals surface area contributed by atoms with E-state index in [1.165, 1.54) is 0 Å². The van der Waals surface area contributed by atoms with Crippen molar-refractivity contribution in [3.05, 3.63) is 54.4 Å². The molecule has 4 rings (SSSR count). The molecule has 3 aromatic rings. The molecule has 1 aliphatic rings. The van der Waals surface area contributed by atoms with Gasteiger partial charge in [-0.25, -0.2) is 9.97 Å². The van der Waals surface area contributed by atoms with E-state index in [0.29, 0.717) is 24.6 Å². The van der Waals surface area contributed by atoms with Crippen LogP contribution in [0.2, 0.25) is 0 Å². The van der Waals surface area contributed by atoms with Crippen molar-refractivity contribution in [3.63, 3.8) is 0 Å². The minimum absolute atomic E-state index is 0.149. The topological polar surface area (TPSA) is 62.2 Å². The van der Waals surface area contributed by atoms with Crippen LogP contribution in [0, 0.1) is 0 Å². The van der Waals surface area contributed by atoms with Gasteiger partial charge < -0.3 is 4.90 Å². The van der Waals surface area contributed by atoms with Gasteiger partial charge in [-0.15, -0.1) is 0 Å². The van der Waals surface area contributed by atoms with Crippen molar-refractivity contribution in [2.75, 3.05) is 29.9 Å². The molecule has 0 saturated carbocycles. The summed E-state index contributed by atoms with van der Waals surface area (Å²) in [6.45, 7) is 1.27. The summed E-state index contributed by atoms with van der Waals surface area (Å²) in [7, 11) is 1.96. The Morgan fingerprint density at radius 1 is 0.957 bits per heavy atom. The highest BCUT2D eigenvalue weighted by atomic mass is 16.2. The quantitative estimate of drug-likeness (QED) is 0.689. The number of carbonyl (C=O) groups excluding carboxylic acids is 1. The van der Waals surface area contributed by atoms with Crippen molar-refractivity contribution in [1.82, 2.24) is 15.0 Å². The lowest BCUT2D eigenvalue weighted by atomic mass is 10.2. The fourth-order valence-corrected chi connectivity index (χ4v) is 2.71. The van der Waals surface area contributed by atoms with E-state index in [9.17, 15) is 4.79 Å². The molecule has 3 heterocycles. The van der Waals surface area contributed by atoms with E-state index in [-0.39, 0.29) is 5.91 Å². The highest BCUT2D eigenvalue weighted by molar-refractivity contribution is 6.06. The number of hydrogen-bond donors (Lipinski definition) is 0. The number of likely N-dealkylation sites (N-methyl/N-ethyl adjacent to an activating group) is 1. The Morgan fingerprint density at radius 2 is 1.65 bits per heavy atom. The molecular weight excluding hydrogens is 290 g/mol. The number of amides is 1. The molecule has 1 aromatic carbocycles. The first-order valence-corrected chi connectivity index (χ1v) is 7.45. The lowest BCUT2D eigenvalue weighted by Gasteiger charge is -2.33. The molecule has 0 unspecified atom stereocenters. The van der Waals surface area contributed by atoms with Crippen LogP contribution in [0.25, 0.3) is 11.0 Å². The largest absolute Gasteiger partial charge is 0.355 e. The van der Waals surface area contributed by atoms with Crippen molar-refractivity contribution < 1.29 is 4.79 Å². The molecule has 0 bridgehead atoms. The Labute approximate surface area is 133 Å². The first kappa shape index (κ1) is 13.6. The van der Waals surface area contributed by atoms with Gasteiger partial charge in [-0.2, -0.15) is 0 Å². The van der Waals surface area contributed by atoms with E-state index in [4.69, 9.17) is 0 Å².